The molecule has 0 spiro atoms. The van der Waals surface area contributed by atoms with Gasteiger partial charge in [-0.2, -0.15) is 13.8 Å². The van der Waals surface area contributed by atoms with Gasteiger partial charge in [0, 0.05) is 5.54 Å². The highest BCUT2D eigenvalue weighted by Crippen LogP contribution is 2.34. The van der Waals surface area contributed by atoms with E-state index < -0.39 is 17.4 Å². The van der Waals surface area contributed by atoms with E-state index in [2.05, 4.69) is 10.3 Å². The lowest BCUT2D eigenvalue weighted by atomic mass is 10.1. The van der Waals surface area contributed by atoms with Crippen LogP contribution in [-0.2, 0) is 0 Å². The molecule has 0 saturated carbocycles. The van der Waals surface area contributed by atoms with E-state index in [0.29, 0.717) is 0 Å². The van der Waals surface area contributed by atoms with E-state index in [-0.39, 0.29) is 15.7 Å². The van der Waals surface area contributed by atoms with E-state index in [4.69, 9.17) is 23.2 Å². The molecule has 1 rings (SSSR count). The number of nitrogens with one attached hydrogen (secondary N) is 1. The van der Waals surface area contributed by atoms with Gasteiger partial charge < -0.3 is 5.32 Å². The van der Waals surface area contributed by atoms with Crippen LogP contribution in [0.25, 0.3) is 0 Å². The fraction of sp³-hybridized carbons (Fsp3) is 0.444. The highest BCUT2D eigenvalue weighted by molar-refractivity contribution is 6.39. The number of rotatable bonds is 1. The molecular formula is C9H10Cl2F2N2. The number of nitrogens with zero attached hydrogens (tertiary/aromatic N) is 1. The first-order valence-corrected chi connectivity index (χ1v) is 4.96. The number of hydrogen-bond acceptors (Lipinski definition) is 2. The minimum atomic E-state index is -1.08. The summed E-state index contributed by atoms with van der Waals surface area (Å²) >= 11 is 11.3. The third-order valence-corrected chi connectivity index (χ3v) is 2.19. The van der Waals surface area contributed by atoms with Crippen LogP contribution in [0.1, 0.15) is 20.8 Å². The largest absolute Gasteiger partial charge is 0.378 e. The van der Waals surface area contributed by atoms with Crippen molar-refractivity contribution in [3.8, 4) is 0 Å². The summed E-state index contributed by atoms with van der Waals surface area (Å²) in [6.07, 6.45) is 0. The van der Waals surface area contributed by atoms with Crippen LogP contribution in [0.3, 0.4) is 0 Å². The lowest BCUT2D eigenvalue weighted by Crippen LogP contribution is -2.27. The van der Waals surface area contributed by atoms with Crippen molar-refractivity contribution in [2.45, 2.75) is 26.3 Å². The van der Waals surface area contributed by atoms with Crippen LogP contribution < -0.4 is 5.32 Å². The number of hydrogen-bond donors (Lipinski definition) is 1. The summed E-state index contributed by atoms with van der Waals surface area (Å²) in [5, 5.41) is 2.20. The van der Waals surface area contributed by atoms with Gasteiger partial charge in [0.05, 0.1) is 5.69 Å². The van der Waals surface area contributed by atoms with Gasteiger partial charge in [-0.25, -0.2) is 0 Å². The second-order valence-electron chi connectivity index (χ2n) is 4.07. The van der Waals surface area contributed by atoms with Crippen LogP contribution in [0.4, 0.5) is 14.5 Å². The zero-order chi connectivity index (χ0) is 11.8. The van der Waals surface area contributed by atoms with Crippen LogP contribution in [0.2, 0.25) is 10.0 Å². The van der Waals surface area contributed by atoms with Crippen LogP contribution in [-0.4, -0.2) is 10.5 Å². The Hall–Kier alpha value is -0.610. The molecule has 1 N–H and O–H groups in total. The Morgan fingerprint density at radius 3 is 1.80 bits per heavy atom. The lowest BCUT2D eigenvalue weighted by molar-refractivity contribution is 0.512. The molecule has 1 aromatic rings. The van der Waals surface area contributed by atoms with E-state index in [1.807, 2.05) is 20.8 Å². The number of halogens is 4. The van der Waals surface area contributed by atoms with Gasteiger partial charge in [0.15, 0.2) is 0 Å². The normalized spacial score (nSPS) is 11.7. The maximum atomic E-state index is 13.0. The topological polar surface area (TPSA) is 24.9 Å². The highest BCUT2D eigenvalue weighted by Gasteiger charge is 2.21. The van der Waals surface area contributed by atoms with E-state index in [0.717, 1.165) is 0 Å². The minimum absolute atomic E-state index is 0.0239. The first-order chi connectivity index (χ1) is 6.72. The van der Waals surface area contributed by atoms with Gasteiger partial charge in [0.1, 0.15) is 10.0 Å². The average molecular weight is 255 g/mol. The predicted molar refractivity (Wildman–Crippen MR) is 57.5 cm³/mol. The third kappa shape index (κ3) is 2.92. The summed E-state index contributed by atoms with van der Waals surface area (Å²) < 4.78 is 26.0. The molecule has 1 aromatic heterocycles. The van der Waals surface area contributed by atoms with E-state index in [1.54, 1.807) is 0 Å². The molecule has 0 unspecified atom stereocenters. The second-order valence-corrected chi connectivity index (χ2v) is 4.83. The van der Waals surface area contributed by atoms with Crippen molar-refractivity contribution < 1.29 is 8.78 Å². The fourth-order valence-corrected chi connectivity index (χ4v) is 1.39. The minimum Gasteiger partial charge on any atom is -0.378 e. The Balaban J connectivity index is 3.27. The van der Waals surface area contributed by atoms with Gasteiger partial charge in [0.25, 0.3) is 0 Å². The Morgan fingerprint density at radius 1 is 1.07 bits per heavy atom. The SMILES string of the molecule is CC(C)(C)Nc1c(Cl)c(F)nc(F)c1Cl. The molecule has 15 heavy (non-hydrogen) atoms. The molecule has 0 aliphatic carbocycles. The molecule has 0 amide bonds. The molecule has 1 heterocycles. The maximum absolute atomic E-state index is 13.0. The van der Waals surface area contributed by atoms with E-state index in [9.17, 15) is 8.78 Å². The van der Waals surface area contributed by atoms with Crippen molar-refractivity contribution in [3.05, 3.63) is 21.9 Å². The van der Waals surface area contributed by atoms with Gasteiger partial charge in [-0.05, 0) is 20.8 Å². The second kappa shape index (κ2) is 4.10. The molecule has 0 bridgehead atoms. The van der Waals surface area contributed by atoms with E-state index in [1.165, 1.54) is 0 Å². The predicted octanol–water partition coefficient (Wildman–Crippen LogP) is 3.88. The first kappa shape index (κ1) is 12.5. The van der Waals surface area contributed by atoms with Crippen molar-refractivity contribution in [2.75, 3.05) is 5.32 Å². The number of aromatic nitrogens is 1. The standard InChI is InChI=1S/C9H10Cl2F2N2/c1-9(2,3)15-6-4(10)7(12)14-8(13)5(6)11/h1-3H3,(H,14,15). The highest BCUT2D eigenvalue weighted by atomic mass is 35.5. The molecule has 0 radical (unpaired) electrons. The quantitative estimate of drug-likeness (QED) is 0.770. The maximum Gasteiger partial charge on any atom is 0.236 e. The monoisotopic (exact) mass is 254 g/mol. The summed E-state index contributed by atoms with van der Waals surface area (Å²) in [4.78, 5) is 2.93. The summed E-state index contributed by atoms with van der Waals surface area (Å²) in [6.45, 7) is 5.45. The van der Waals surface area contributed by atoms with Crippen molar-refractivity contribution in [2.24, 2.45) is 0 Å². The van der Waals surface area contributed by atoms with Gasteiger partial charge in [-0.1, -0.05) is 23.2 Å². The molecule has 0 aromatic carbocycles. The van der Waals surface area contributed by atoms with Gasteiger partial charge >= 0.3 is 0 Å². The van der Waals surface area contributed by atoms with Gasteiger partial charge in [-0.15, -0.1) is 0 Å². The molecule has 84 valence electrons. The smallest absolute Gasteiger partial charge is 0.236 e. The van der Waals surface area contributed by atoms with E-state index >= 15 is 0 Å². The summed E-state index contributed by atoms with van der Waals surface area (Å²) in [5.74, 6) is -2.16. The van der Waals surface area contributed by atoms with Crippen molar-refractivity contribution in [3.63, 3.8) is 0 Å². The molecule has 0 fully saturated rings. The van der Waals surface area contributed by atoms with Gasteiger partial charge in [-0.3, -0.25) is 0 Å². The van der Waals surface area contributed by atoms with Crippen molar-refractivity contribution in [1.82, 2.24) is 4.98 Å². The summed E-state index contributed by atoms with van der Waals surface area (Å²) in [5.41, 5.74) is -0.385. The van der Waals surface area contributed by atoms with Gasteiger partial charge in [0.2, 0.25) is 11.9 Å². The Labute approximate surface area is 96.6 Å². The summed E-state index contributed by atoms with van der Waals surface area (Å²) in [7, 11) is 0. The Kier molecular flexibility index (Phi) is 3.41. The Morgan fingerprint density at radius 2 is 1.47 bits per heavy atom. The number of anilines is 1. The molecular weight excluding hydrogens is 245 g/mol. The van der Waals surface area contributed by atoms with Crippen molar-refractivity contribution in [1.29, 1.82) is 0 Å². The lowest BCUT2D eigenvalue weighted by Gasteiger charge is -2.23. The van der Waals surface area contributed by atoms with Crippen LogP contribution >= 0.6 is 23.2 Å². The number of pyridine rings is 1. The summed E-state index contributed by atoms with van der Waals surface area (Å²) in [6, 6.07) is 0. The molecule has 2 nitrogen and oxygen atoms in total. The van der Waals surface area contributed by atoms with Crippen LogP contribution in [0.15, 0.2) is 0 Å². The zero-order valence-electron chi connectivity index (χ0n) is 8.46. The Bertz CT molecular complexity index is 362. The molecule has 0 atom stereocenters. The fourth-order valence-electron chi connectivity index (χ4n) is 0.972. The van der Waals surface area contributed by atoms with Crippen LogP contribution in [0.5, 0.6) is 0 Å². The van der Waals surface area contributed by atoms with Crippen molar-refractivity contribution >= 4 is 28.9 Å². The first-order valence-electron chi connectivity index (χ1n) is 4.20. The third-order valence-electron chi connectivity index (χ3n) is 1.50. The van der Waals surface area contributed by atoms with Crippen LogP contribution in [0, 0.1) is 11.9 Å². The average Bonchev–Trinajstić information content (AvgIpc) is 2.08. The molecule has 0 aliphatic rings. The zero-order valence-corrected chi connectivity index (χ0v) is 9.97. The molecule has 0 saturated heterocycles. The molecule has 6 heteroatoms. The molecule has 0 aliphatic heterocycles.